The molecule has 1 aromatic carbocycles. The van der Waals surface area contributed by atoms with Crippen molar-refractivity contribution >= 4 is 17.6 Å². The Hall–Kier alpha value is -2.52. The number of nitrogens with one attached hydrogen (secondary N) is 3. The van der Waals surface area contributed by atoms with Crippen LogP contribution in [0.25, 0.3) is 0 Å². The summed E-state index contributed by atoms with van der Waals surface area (Å²) in [6.45, 7) is 4.40. The SMILES string of the molecule is C#Cc1cccc(NC(=O)CN=C(NCC)NCC2(CCOC)CCC2)c1. The molecular weight excluding hydrogens is 340 g/mol. The molecule has 0 spiro atoms. The van der Waals surface area contributed by atoms with Crippen LogP contribution in [0.5, 0.6) is 0 Å². The van der Waals surface area contributed by atoms with Crippen molar-refractivity contribution in [3.8, 4) is 12.3 Å². The van der Waals surface area contributed by atoms with Gasteiger partial charge in [-0.1, -0.05) is 18.4 Å². The molecule has 27 heavy (non-hydrogen) atoms. The van der Waals surface area contributed by atoms with Crippen molar-refractivity contribution in [2.45, 2.75) is 32.6 Å². The number of amides is 1. The van der Waals surface area contributed by atoms with Crippen LogP contribution in [-0.2, 0) is 9.53 Å². The Morgan fingerprint density at radius 2 is 2.19 bits per heavy atom. The number of carbonyl (C=O) groups excluding carboxylic acids is 1. The van der Waals surface area contributed by atoms with Crippen molar-refractivity contribution in [2.24, 2.45) is 10.4 Å². The lowest BCUT2D eigenvalue weighted by Gasteiger charge is -2.42. The number of methoxy groups -OCH3 is 1. The van der Waals surface area contributed by atoms with Crippen LogP contribution in [0.3, 0.4) is 0 Å². The van der Waals surface area contributed by atoms with Gasteiger partial charge in [0.15, 0.2) is 5.96 Å². The van der Waals surface area contributed by atoms with Crippen LogP contribution in [0.2, 0.25) is 0 Å². The highest BCUT2D eigenvalue weighted by Gasteiger charge is 2.36. The number of anilines is 1. The maximum atomic E-state index is 12.2. The molecule has 0 saturated heterocycles. The number of aliphatic imine (C=N–C) groups is 1. The van der Waals surface area contributed by atoms with Crippen LogP contribution in [0.4, 0.5) is 5.69 Å². The van der Waals surface area contributed by atoms with Gasteiger partial charge in [0.1, 0.15) is 6.54 Å². The highest BCUT2D eigenvalue weighted by Crippen LogP contribution is 2.43. The van der Waals surface area contributed by atoms with Crippen molar-refractivity contribution in [3.05, 3.63) is 29.8 Å². The van der Waals surface area contributed by atoms with Gasteiger partial charge in [0.25, 0.3) is 0 Å². The molecule has 0 unspecified atom stereocenters. The van der Waals surface area contributed by atoms with Crippen molar-refractivity contribution in [3.63, 3.8) is 0 Å². The van der Waals surface area contributed by atoms with E-state index >= 15 is 0 Å². The standard InChI is InChI=1S/C21H30N4O2/c1-4-17-8-6-9-18(14-17)25-19(26)15-23-20(22-5-2)24-16-21(10-7-11-21)12-13-27-3/h1,6,8-9,14H,5,7,10-13,15-16H2,2-3H3,(H,25,26)(H2,22,23,24). The second-order valence-corrected chi connectivity index (χ2v) is 6.92. The van der Waals surface area contributed by atoms with Gasteiger partial charge in [-0.25, -0.2) is 4.99 Å². The first kappa shape index (κ1) is 20.8. The van der Waals surface area contributed by atoms with E-state index in [9.17, 15) is 4.79 Å². The number of carbonyl (C=O) groups is 1. The molecule has 1 amide bonds. The summed E-state index contributed by atoms with van der Waals surface area (Å²) in [4.78, 5) is 16.6. The molecule has 1 aliphatic carbocycles. The first-order chi connectivity index (χ1) is 13.1. The summed E-state index contributed by atoms with van der Waals surface area (Å²) in [6.07, 6.45) is 10.1. The molecule has 0 bridgehead atoms. The monoisotopic (exact) mass is 370 g/mol. The summed E-state index contributed by atoms with van der Waals surface area (Å²) in [5, 5.41) is 9.41. The van der Waals surface area contributed by atoms with Crippen molar-refractivity contribution < 1.29 is 9.53 Å². The predicted molar refractivity (Wildman–Crippen MR) is 110 cm³/mol. The molecule has 1 saturated carbocycles. The molecule has 146 valence electrons. The number of nitrogens with zero attached hydrogens (tertiary/aromatic N) is 1. The molecule has 0 heterocycles. The fraction of sp³-hybridized carbons (Fsp3) is 0.524. The average molecular weight is 370 g/mol. The number of guanidine groups is 1. The lowest BCUT2D eigenvalue weighted by molar-refractivity contribution is -0.114. The molecule has 6 nitrogen and oxygen atoms in total. The number of rotatable bonds is 9. The van der Waals surface area contributed by atoms with Gasteiger partial charge in [-0.05, 0) is 49.8 Å². The van der Waals surface area contributed by atoms with E-state index in [-0.39, 0.29) is 17.9 Å². The fourth-order valence-corrected chi connectivity index (χ4v) is 3.16. The molecule has 0 aromatic heterocycles. The van der Waals surface area contributed by atoms with Gasteiger partial charge in [-0.3, -0.25) is 4.79 Å². The van der Waals surface area contributed by atoms with Crippen LogP contribution in [0.15, 0.2) is 29.3 Å². The molecule has 6 heteroatoms. The Labute approximate surface area is 162 Å². The second kappa shape index (κ2) is 10.6. The summed E-state index contributed by atoms with van der Waals surface area (Å²) in [5.41, 5.74) is 1.69. The van der Waals surface area contributed by atoms with E-state index < -0.39 is 0 Å². The quantitative estimate of drug-likeness (QED) is 0.354. The van der Waals surface area contributed by atoms with Crippen molar-refractivity contribution in [1.82, 2.24) is 10.6 Å². The highest BCUT2D eigenvalue weighted by atomic mass is 16.5. The minimum atomic E-state index is -0.181. The Balaban J connectivity index is 1.88. The normalized spacial score (nSPS) is 15.4. The smallest absolute Gasteiger partial charge is 0.246 e. The first-order valence-electron chi connectivity index (χ1n) is 9.48. The summed E-state index contributed by atoms with van der Waals surface area (Å²) in [5.74, 6) is 3.04. The van der Waals surface area contributed by atoms with E-state index in [0.29, 0.717) is 11.6 Å². The molecule has 1 fully saturated rings. The third kappa shape index (κ3) is 6.61. The van der Waals surface area contributed by atoms with Gasteiger partial charge >= 0.3 is 0 Å². The Morgan fingerprint density at radius 3 is 2.81 bits per heavy atom. The molecule has 1 aromatic rings. The molecule has 2 rings (SSSR count). The third-order valence-electron chi connectivity index (χ3n) is 4.92. The molecular formula is C21H30N4O2. The number of benzene rings is 1. The highest BCUT2D eigenvalue weighted by molar-refractivity contribution is 5.94. The lowest BCUT2D eigenvalue weighted by atomic mass is 9.67. The first-order valence-corrected chi connectivity index (χ1v) is 9.48. The second-order valence-electron chi connectivity index (χ2n) is 6.92. The van der Waals surface area contributed by atoms with Gasteiger partial charge in [0.05, 0.1) is 0 Å². The number of ether oxygens (including phenoxy) is 1. The van der Waals surface area contributed by atoms with Crippen LogP contribution < -0.4 is 16.0 Å². The topological polar surface area (TPSA) is 74.8 Å². The summed E-state index contributed by atoms with van der Waals surface area (Å²) in [7, 11) is 1.74. The van der Waals surface area contributed by atoms with E-state index in [4.69, 9.17) is 11.2 Å². The number of terminal acetylenes is 1. The fourth-order valence-electron chi connectivity index (χ4n) is 3.16. The molecule has 0 radical (unpaired) electrons. The van der Waals surface area contributed by atoms with Crippen molar-refractivity contribution in [2.75, 3.05) is 38.7 Å². The molecule has 0 atom stereocenters. The minimum Gasteiger partial charge on any atom is -0.385 e. The zero-order chi connectivity index (χ0) is 19.5. The summed E-state index contributed by atoms with van der Waals surface area (Å²) in [6, 6.07) is 7.21. The van der Waals surface area contributed by atoms with E-state index in [1.807, 2.05) is 25.1 Å². The average Bonchev–Trinajstić information content (AvgIpc) is 2.65. The Bertz CT molecular complexity index is 690. The van der Waals surface area contributed by atoms with E-state index in [1.165, 1.54) is 19.3 Å². The van der Waals surface area contributed by atoms with Gasteiger partial charge in [-0.15, -0.1) is 6.42 Å². The van der Waals surface area contributed by atoms with E-state index in [1.54, 1.807) is 13.2 Å². The van der Waals surface area contributed by atoms with Crippen molar-refractivity contribution in [1.29, 1.82) is 0 Å². The molecule has 3 N–H and O–H groups in total. The zero-order valence-electron chi connectivity index (χ0n) is 16.3. The largest absolute Gasteiger partial charge is 0.385 e. The van der Waals surface area contributed by atoms with Gasteiger partial charge < -0.3 is 20.7 Å². The number of hydrogen-bond donors (Lipinski definition) is 3. The zero-order valence-corrected chi connectivity index (χ0v) is 16.3. The van der Waals surface area contributed by atoms with Gasteiger partial charge in [0.2, 0.25) is 5.91 Å². The predicted octanol–water partition coefficient (Wildman–Crippen LogP) is 2.37. The van der Waals surface area contributed by atoms with Gasteiger partial charge in [-0.2, -0.15) is 0 Å². The van der Waals surface area contributed by atoms with Crippen LogP contribution in [0, 0.1) is 17.8 Å². The summed E-state index contributed by atoms with van der Waals surface area (Å²) >= 11 is 0. The Kier molecular flexibility index (Phi) is 8.15. The lowest BCUT2D eigenvalue weighted by Crippen LogP contribution is -2.47. The molecule has 1 aliphatic rings. The van der Waals surface area contributed by atoms with Gasteiger partial charge in [0, 0.05) is 38.1 Å². The number of hydrogen-bond acceptors (Lipinski definition) is 3. The van der Waals surface area contributed by atoms with E-state index in [0.717, 1.165) is 31.7 Å². The van der Waals surface area contributed by atoms with Crippen LogP contribution >= 0.6 is 0 Å². The summed E-state index contributed by atoms with van der Waals surface area (Å²) < 4.78 is 5.24. The molecule has 0 aliphatic heterocycles. The van der Waals surface area contributed by atoms with Crippen LogP contribution in [0.1, 0.15) is 38.2 Å². The maximum Gasteiger partial charge on any atom is 0.246 e. The Morgan fingerprint density at radius 1 is 1.37 bits per heavy atom. The van der Waals surface area contributed by atoms with Crippen LogP contribution in [-0.4, -0.2) is 45.2 Å². The minimum absolute atomic E-state index is 0.0423. The van der Waals surface area contributed by atoms with E-state index in [2.05, 4.69) is 26.9 Å². The maximum absolute atomic E-state index is 12.2. The third-order valence-corrected chi connectivity index (χ3v) is 4.92.